The maximum absolute atomic E-state index is 15.8. The molecule has 1 amide bonds. The second-order valence-corrected chi connectivity index (χ2v) is 18.3. The Labute approximate surface area is 297 Å². The van der Waals surface area contributed by atoms with Gasteiger partial charge < -0.3 is 19.3 Å². The van der Waals surface area contributed by atoms with Crippen molar-refractivity contribution < 1.29 is 28.2 Å². The highest BCUT2D eigenvalue weighted by Crippen LogP contribution is 2.62. The fourth-order valence-corrected chi connectivity index (χ4v) is 12.7. The van der Waals surface area contributed by atoms with Crippen molar-refractivity contribution in [1.29, 1.82) is 0 Å². The van der Waals surface area contributed by atoms with Gasteiger partial charge in [-0.3, -0.25) is 9.36 Å². The van der Waals surface area contributed by atoms with Crippen molar-refractivity contribution in [3.8, 4) is 11.1 Å². The Balaban J connectivity index is 1.18. The summed E-state index contributed by atoms with van der Waals surface area (Å²) in [5.41, 5.74) is 5.50. The number of esters is 1. The van der Waals surface area contributed by atoms with Crippen LogP contribution in [0.2, 0.25) is 0 Å². The fourth-order valence-electron chi connectivity index (χ4n) is 9.78. The molecule has 0 spiro atoms. The first-order valence-electron chi connectivity index (χ1n) is 18.8. The molecule has 4 bridgehead atoms. The Morgan fingerprint density at radius 3 is 1.96 bits per heavy atom. The Kier molecular flexibility index (Phi) is 10.5. The van der Waals surface area contributed by atoms with Crippen molar-refractivity contribution >= 4 is 19.4 Å². The van der Waals surface area contributed by atoms with Crippen LogP contribution in [0, 0.1) is 35.5 Å². The van der Waals surface area contributed by atoms with Crippen molar-refractivity contribution in [2.45, 2.75) is 83.5 Å². The smallest absolute Gasteiger partial charge is 0.407 e. The summed E-state index contributed by atoms with van der Waals surface area (Å²) in [6.45, 7) is 6.32. The molecule has 0 radical (unpaired) electrons. The lowest BCUT2D eigenvalue weighted by atomic mass is 9.55. The minimum atomic E-state index is -3.73. The molecule has 4 saturated carbocycles. The van der Waals surface area contributed by atoms with E-state index in [9.17, 15) is 9.59 Å². The van der Waals surface area contributed by atoms with Gasteiger partial charge in [0.1, 0.15) is 12.4 Å². The molecule has 3 atom stereocenters. The molecule has 0 heterocycles. The summed E-state index contributed by atoms with van der Waals surface area (Å²) in [4.78, 5) is 27.3. The van der Waals surface area contributed by atoms with Gasteiger partial charge in [0, 0.05) is 18.5 Å². The van der Waals surface area contributed by atoms with Crippen LogP contribution in [0.25, 0.3) is 11.1 Å². The van der Waals surface area contributed by atoms with Gasteiger partial charge in [0.2, 0.25) is 7.37 Å². The molecule has 7 nitrogen and oxygen atoms in total. The lowest BCUT2D eigenvalue weighted by molar-refractivity contribution is -0.147. The van der Waals surface area contributed by atoms with Crippen LogP contribution >= 0.6 is 7.37 Å². The molecule has 8 heteroatoms. The monoisotopic (exact) mass is 697 g/mol. The summed E-state index contributed by atoms with van der Waals surface area (Å²) in [7, 11) is -3.73. The van der Waals surface area contributed by atoms with Gasteiger partial charge in [-0.1, -0.05) is 92.7 Å². The van der Waals surface area contributed by atoms with Crippen LogP contribution in [-0.4, -0.2) is 43.3 Å². The van der Waals surface area contributed by atoms with Gasteiger partial charge in [-0.15, -0.1) is 0 Å². The third kappa shape index (κ3) is 7.46. The molecule has 1 N–H and O–H groups in total. The molecule has 0 saturated heterocycles. The quantitative estimate of drug-likeness (QED) is 0.133. The minimum Gasteiger partial charge on any atom is -0.466 e. The first-order valence-corrected chi connectivity index (χ1v) is 20.7. The number of carbonyl (C=O) groups excluding carboxylic acids is 2. The largest absolute Gasteiger partial charge is 0.466 e. The van der Waals surface area contributed by atoms with Crippen LogP contribution in [0.3, 0.4) is 0 Å². The Morgan fingerprint density at radius 2 is 1.38 bits per heavy atom. The van der Waals surface area contributed by atoms with Crippen LogP contribution in [0.15, 0.2) is 78.9 Å². The molecule has 8 rings (SSSR count). The third-order valence-electron chi connectivity index (χ3n) is 11.7. The summed E-state index contributed by atoms with van der Waals surface area (Å²) in [5.74, 6) is 0.414. The van der Waals surface area contributed by atoms with Gasteiger partial charge in [-0.2, -0.15) is 0 Å². The van der Waals surface area contributed by atoms with Crippen molar-refractivity contribution in [2.75, 3.05) is 19.4 Å². The van der Waals surface area contributed by atoms with Crippen molar-refractivity contribution in [2.24, 2.45) is 35.5 Å². The maximum atomic E-state index is 15.8. The van der Waals surface area contributed by atoms with Crippen molar-refractivity contribution in [1.82, 2.24) is 5.32 Å². The lowest BCUT2D eigenvalue weighted by Gasteiger charge is -2.54. The third-order valence-corrected chi connectivity index (χ3v) is 14.5. The van der Waals surface area contributed by atoms with E-state index in [4.69, 9.17) is 14.0 Å². The van der Waals surface area contributed by atoms with Crippen LogP contribution in [0.5, 0.6) is 0 Å². The molecule has 5 aliphatic carbocycles. The second-order valence-electron chi connectivity index (χ2n) is 15.7. The fraction of sp³-hybridized carbons (Fsp3) is 0.524. The summed E-state index contributed by atoms with van der Waals surface area (Å²) < 4.78 is 34.4. The average molecular weight is 698 g/mol. The number of alkyl carbamates (subject to hydrolysis) is 1. The van der Waals surface area contributed by atoms with Crippen molar-refractivity contribution in [3.05, 3.63) is 95.6 Å². The number of carbonyl (C=O) groups is 2. The molecule has 266 valence electrons. The molecule has 3 aromatic carbocycles. The van der Waals surface area contributed by atoms with Crippen molar-refractivity contribution in [3.63, 3.8) is 0 Å². The highest BCUT2D eigenvalue weighted by molar-refractivity contribution is 7.59. The molecule has 5 aliphatic rings. The molecule has 4 fully saturated rings. The summed E-state index contributed by atoms with van der Waals surface area (Å²) in [6, 6.07) is 26.3. The van der Waals surface area contributed by atoms with Gasteiger partial charge in [0.05, 0.1) is 18.6 Å². The maximum Gasteiger partial charge on any atom is 0.407 e. The predicted octanol–water partition coefficient (Wildman–Crippen LogP) is 9.44. The zero-order valence-corrected chi connectivity index (χ0v) is 30.6. The van der Waals surface area contributed by atoms with Crippen LogP contribution in [-0.2, 0) is 29.8 Å². The Morgan fingerprint density at radius 1 is 0.800 bits per heavy atom. The minimum absolute atomic E-state index is 0.0218. The Bertz CT molecular complexity index is 1630. The van der Waals surface area contributed by atoms with E-state index < -0.39 is 25.2 Å². The molecule has 0 aromatic heterocycles. The number of benzene rings is 3. The second kappa shape index (κ2) is 15.1. The number of amides is 1. The van der Waals surface area contributed by atoms with E-state index in [1.165, 1.54) is 6.42 Å². The lowest BCUT2D eigenvalue weighted by Crippen LogP contribution is -2.50. The van der Waals surface area contributed by atoms with E-state index >= 15 is 4.57 Å². The van der Waals surface area contributed by atoms with E-state index in [1.807, 2.05) is 54.6 Å². The SMILES string of the molecule is CCOC(=O)[C@H](CC(C)C)CP(=O)(OC1C2CC3CC(C2)CC1C3)[C@@H](Cc1ccccc1)NC(=O)OCC1c2ccccc2-c2ccccc21. The van der Waals surface area contributed by atoms with E-state index in [2.05, 4.69) is 43.4 Å². The zero-order chi connectivity index (χ0) is 34.8. The van der Waals surface area contributed by atoms with Crippen LogP contribution < -0.4 is 5.32 Å². The number of nitrogens with one attached hydrogen (secondary N) is 1. The van der Waals surface area contributed by atoms with Gasteiger partial charge in [-0.25, -0.2) is 4.79 Å². The highest BCUT2D eigenvalue weighted by atomic mass is 31.2. The number of rotatable bonds is 14. The predicted molar refractivity (Wildman–Crippen MR) is 196 cm³/mol. The summed E-state index contributed by atoms with van der Waals surface area (Å²) in [5, 5.41) is 3.08. The summed E-state index contributed by atoms with van der Waals surface area (Å²) in [6.07, 6.45) is 5.80. The van der Waals surface area contributed by atoms with E-state index in [1.54, 1.807) is 6.92 Å². The molecule has 0 aliphatic heterocycles. The van der Waals surface area contributed by atoms with Gasteiger partial charge >= 0.3 is 12.1 Å². The first-order chi connectivity index (χ1) is 24.2. The van der Waals surface area contributed by atoms with Crippen LogP contribution in [0.1, 0.15) is 81.9 Å². The van der Waals surface area contributed by atoms with Gasteiger partial charge in [0.25, 0.3) is 0 Å². The number of fused-ring (bicyclic) bond motifs is 3. The molecule has 50 heavy (non-hydrogen) atoms. The van der Waals surface area contributed by atoms with Gasteiger partial charge in [-0.05, 0) is 103 Å². The number of hydrogen-bond acceptors (Lipinski definition) is 6. The summed E-state index contributed by atoms with van der Waals surface area (Å²) >= 11 is 0. The van der Waals surface area contributed by atoms with E-state index in [0.29, 0.717) is 24.7 Å². The van der Waals surface area contributed by atoms with Gasteiger partial charge in [0.15, 0.2) is 0 Å². The highest BCUT2D eigenvalue weighted by Gasteiger charge is 2.52. The zero-order valence-electron chi connectivity index (χ0n) is 29.7. The average Bonchev–Trinajstić information content (AvgIpc) is 3.42. The standard InChI is InChI=1S/C42H52NO6P/c1-4-47-41(44)33(18-27(2)3)26-50(46,49-40-31-20-29-19-30(22-31)23-32(40)21-29)39(24-28-12-6-5-7-13-28)43-42(45)48-25-38-36-16-10-8-14-34(36)35-15-9-11-17-37(35)38/h5-17,27,29-33,38-40H,4,18-26H2,1-3H3,(H,43,45)/t29?,30?,31?,32?,33-,39+,40?,50?/m1/s1. The molecular weight excluding hydrogens is 645 g/mol. The topological polar surface area (TPSA) is 90.9 Å². The van der Waals surface area contributed by atoms with Crippen LogP contribution in [0.4, 0.5) is 4.79 Å². The molecular formula is C42H52NO6P. The number of hydrogen-bond donors (Lipinski definition) is 1. The molecule has 3 aromatic rings. The first kappa shape index (κ1) is 35.0. The Hall–Kier alpha value is -3.41. The normalized spacial score (nSPS) is 25.7. The van der Waals surface area contributed by atoms with E-state index in [0.717, 1.165) is 65.3 Å². The molecule has 1 unspecified atom stereocenters. The van der Waals surface area contributed by atoms with E-state index in [-0.39, 0.29) is 43.3 Å². The number of ether oxygens (including phenoxy) is 2.